The molecule has 3 aromatic rings. The standard InChI is InChI=1S/C19H20N4O2S2/c1-11-13(3)26-18(20-11)22-17(25)16-12(2)21-19(27-16)23(14(4)24)10-15-8-6-5-7-9-15/h5-9H,10H2,1-4H3,(H,20,22,25). The highest BCUT2D eigenvalue weighted by atomic mass is 32.1. The number of nitrogens with one attached hydrogen (secondary N) is 1. The highest BCUT2D eigenvalue weighted by molar-refractivity contribution is 7.18. The maximum absolute atomic E-state index is 12.6. The van der Waals surface area contributed by atoms with Gasteiger partial charge in [-0.1, -0.05) is 41.7 Å². The summed E-state index contributed by atoms with van der Waals surface area (Å²) in [4.78, 5) is 36.7. The molecule has 0 radical (unpaired) electrons. The Morgan fingerprint density at radius 3 is 2.33 bits per heavy atom. The quantitative estimate of drug-likeness (QED) is 0.692. The van der Waals surface area contributed by atoms with E-state index in [1.54, 1.807) is 11.8 Å². The average Bonchev–Trinajstić information content (AvgIpc) is 3.15. The van der Waals surface area contributed by atoms with Gasteiger partial charge in [0.15, 0.2) is 10.3 Å². The molecule has 27 heavy (non-hydrogen) atoms. The number of carbonyl (C=O) groups excluding carboxylic acids is 2. The van der Waals surface area contributed by atoms with E-state index in [9.17, 15) is 9.59 Å². The van der Waals surface area contributed by atoms with Gasteiger partial charge in [-0.15, -0.1) is 11.3 Å². The zero-order valence-electron chi connectivity index (χ0n) is 15.6. The van der Waals surface area contributed by atoms with Crippen molar-refractivity contribution in [1.82, 2.24) is 9.97 Å². The molecule has 140 valence electrons. The fourth-order valence-corrected chi connectivity index (χ4v) is 4.28. The normalized spacial score (nSPS) is 10.7. The Labute approximate surface area is 165 Å². The minimum atomic E-state index is -0.256. The fourth-order valence-electron chi connectivity index (χ4n) is 2.47. The predicted molar refractivity (Wildman–Crippen MR) is 110 cm³/mol. The van der Waals surface area contributed by atoms with E-state index in [4.69, 9.17) is 0 Å². The lowest BCUT2D eigenvalue weighted by Gasteiger charge is -2.17. The Morgan fingerprint density at radius 2 is 1.74 bits per heavy atom. The third-order valence-electron chi connectivity index (χ3n) is 4.04. The molecule has 2 heterocycles. The molecule has 1 aromatic carbocycles. The first-order valence-electron chi connectivity index (χ1n) is 8.40. The van der Waals surface area contributed by atoms with Gasteiger partial charge in [-0.05, 0) is 26.3 Å². The topological polar surface area (TPSA) is 75.2 Å². The van der Waals surface area contributed by atoms with Crippen LogP contribution in [0.3, 0.4) is 0 Å². The zero-order chi connectivity index (χ0) is 19.6. The van der Waals surface area contributed by atoms with E-state index in [1.807, 2.05) is 44.2 Å². The summed E-state index contributed by atoms with van der Waals surface area (Å²) in [5.41, 5.74) is 2.50. The van der Waals surface area contributed by atoms with Gasteiger partial charge in [0.2, 0.25) is 5.91 Å². The molecule has 0 aliphatic carbocycles. The summed E-state index contributed by atoms with van der Waals surface area (Å²) in [6.45, 7) is 7.56. The molecule has 0 fully saturated rings. The highest BCUT2D eigenvalue weighted by Gasteiger charge is 2.22. The van der Waals surface area contributed by atoms with Crippen LogP contribution in [0, 0.1) is 20.8 Å². The number of carbonyl (C=O) groups is 2. The molecule has 0 atom stereocenters. The number of nitrogens with zero attached hydrogens (tertiary/aromatic N) is 3. The van der Waals surface area contributed by atoms with Crippen LogP contribution in [0.25, 0.3) is 0 Å². The van der Waals surface area contributed by atoms with Crippen LogP contribution in [0.4, 0.5) is 10.3 Å². The average molecular weight is 401 g/mol. The first kappa shape index (κ1) is 19.2. The van der Waals surface area contributed by atoms with Gasteiger partial charge in [-0.3, -0.25) is 19.8 Å². The predicted octanol–water partition coefficient (Wildman–Crippen LogP) is 4.33. The molecule has 0 aliphatic heterocycles. The molecule has 0 saturated heterocycles. The number of amides is 2. The van der Waals surface area contributed by atoms with E-state index in [0.717, 1.165) is 16.1 Å². The summed E-state index contributed by atoms with van der Waals surface area (Å²) in [5, 5.41) is 3.91. The van der Waals surface area contributed by atoms with Gasteiger partial charge in [0.25, 0.3) is 5.91 Å². The van der Waals surface area contributed by atoms with Crippen LogP contribution in [-0.4, -0.2) is 21.8 Å². The maximum atomic E-state index is 12.6. The van der Waals surface area contributed by atoms with Crippen molar-refractivity contribution in [2.24, 2.45) is 0 Å². The molecule has 6 nitrogen and oxygen atoms in total. The number of thiazole rings is 2. The van der Waals surface area contributed by atoms with Crippen molar-refractivity contribution in [2.45, 2.75) is 34.2 Å². The Morgan fingerprint density at radius 1 is 1.04 bits per heavy atom. The lowest BCUT2D eigenvalue weighted by atomic mass is 10.2. The second-order valence-corrected chi connectivity index (χ2v) is 8.30. The summed E-state index contributed by atoms with van der Waals surface area (Å²) in [6.07, 6.45) is 0. The van der Waals surface area contributed by atoms with Crippen molar-refractivity contribution in [3.63, 3.8) is 0 Å². The molecular weight excluding hydrogens is 380 g/mol. The minimum absolute atomic E-state index is 0.120. The fraction of sp³-hybridized carbons (Fsp3) is 0.263. The van der Waals surface area contributed by atoms with Crippen molar-refractivity contribution >= 4 is 44.8 Å². The van der Waals surface area contributed by atoms with E-state index in [0.29, 0.717) is 27.4 Å². The van der Waals surface area contributed by atoms with Crippen LogP contribution >= 0.6 is 22.7 Å². The molecular formula is C19H20N4O2S2. The largest absolute Gasteiger partial charge is 0.297 e. The van der Waals surface area contributed by atoms with Crippen molar-refractivity contribution < 1.29 is 9.59 Å². The second kappa shape index (κ2) is 7.98. The Balaban J connectivity index is 1.82. The molecule has 8 heteroatoms. The third-order valence-corrected chi connectivity index (χ3v) is 6.20. The van der Waals surface area contributed by atoms with E-state index in [-0.39, 0.29) is 11.8 Å². The van der Waals surface area contributed by atoms with E-state index in [2.05, 4.69) is 15.3 Å². The van der Waals surface area contributed by atoms with Gasteiger partial charge in [0, 0.05) is 11.8 Å². The van der Waals surface area contributed by atoms with Crippen molar-refractivity contribution in [3.05, 3.63) is 57.0 Å². The van der Waals surface area contributed by atoms with Crippen LogP contribution in [0.15, 0.2) is 30.3 Å². The summed E-state index contributed by atoms with van der Waals surface area (Å²) in [5.74, 6) is -0.376. The van der Waals surface area contributed by atoms with Crippen molar-refractivity contribution in [3.8, 4) is 0 Å². The first-order valence-corrected chi connectivity index (χ1v) is 10.0. The third kappa shape index (κ3) is 4.40. The SMILES string of the molecule is CC(=O)N(Cc1ccccc1)c1nc(C)c(C(=O)Nc2nc(C)c(C)s2)s1. The monoisotopic (exact) mass is 400 g/mol. The maximum Gasteiger partial charge on any atom is 0.269 e. The smallest absolute Gasteiger partial charge is 0.269 e. The van der Waals surface area contributed by atoms with Gasteiger partial charge in [0.1, 0.15) is 4.88 Å². The van der Waals surface area contributed by atoms with Crippen LogP contribution in [0.5, 0.6) is 0 Å². The van der Waals surface area contributed by atoms with Crippen molar-refractivity contribution in [2.75, 3.05) is 10.2 Å². The summed E-state index contributed by atoms with van der Waals surface area (Å²) in [7, 11) is 0. The number of benzene rings is 1. The molecule has 2 aromatic heterocycles. The van der Waals surface area contributed by atoms with Crippen LogP contribution in [0.2, 0.25) is 0 Å². The Hall–Kier alpha value is -2.58. The number of aromatic nitrogens is 2. The van der Waals surface area contributed by atoms with E-state index in [1.165, 1.54) is 29.6 Å². The van der Waals surface area contributed by atoms with Gasteiger partial charge in [-0.2, -0.15) is 0 Å². The van der Waals surface area contributed by atoms with Gasteiger partial charge in [0.05, 0.1) is 17.9 Å². The van der Waals surface area contributed by atoms with Crippen LogP contribution in [0.1, 0.15) is 38.4 Å². The lowest BCUT2D eigenvalue weighted by molar-refractivity contribution is -0.116. The summed E-state index contributed by atoms with van der Waals surface area (Å²) in [6, 6.07) is 9.70. The van der Waals surface area contributed by atoms with Crippen LogP contribution in [-0.2, 0) is 11.3 Å². The van der Waals surface area contributed by atoms with Gasteiger partial charge < -0.3 is 0 Å². The number of aryl methyl sites for hydroxylation is 3. The molecule has 3 rings (SSSR count). The van der Waals surface area contributed by atoms with Gasteiger partial charge in [-0.25, -0.2) is 9.97 Å². The zero-order valence-corrected chi connectivity index (χ0v) is 17.2. The first-order chi connectivity index (χ1) is 12.8. The minimum Gasteiger partial charge on any atom is -0.297 e. The summed E-state index contributed by atoms with van der Waals surface area (Å²) < 4.78 is 0. The van der Waals surface area contributed by atoms with E-state index < -0.39 is 0 Å². The highest BCUT2D eigenvalue weighted by Crippen LogP contribution is 2.29. The molecule has 0 saturated carbocycles. The van der Waals surface area contributed by atoms with E-state index >= 15 is 0 Å². The lowest BCUT2D eigenvalue weighted by Crippen LogP contribution is -2.27. The molecule has 0 bridgehead atoms. The van der Waals surface area contributed by atoms with Crippen LogP contribution < -0.4 is 10.2 Å². The number of rotatable bonds is 5. The number of hydrogen-bond donors (Lipinski definition) is 1. The second-order valence-electron chi connectivity index (χ2n) is 6.12. The molecule has 1 N–H and O–H groups in total. The van der Waals surface area contributed by atoms with Crippen molar-refractivity contribution in [1.29, 1.82) is 0 Å². The molecule has 0 unspecified atom stereocenters. The Kier molecular flexibility index (Phi) is 5.67. The molecule has 2 amide bonds. The molecule has 0 aliphatic rings. The molecule has 0 spiro atoms. The number of anilines is 2. The summed E-state index contributed by atoms with van der Waals surface area (Å²) >= 11 is 2.65. The number of hydrogen-bond acceptors (Lipinski definition) is 6. The van der Waals surface area contributed by atoms with Gasteiger partial charge >= 0.3 is 0 Å². The Bertz CT molecular complexity index is 960.